The zero-order valence-corrected chi connectivity index (χ0v) is 14.9. The number of carbonyl (C=O) groups excluding carboxylic acids is 2. The molecule has 2 heterocycles. The van der Waals surface area contributed by atoms with Crippen LogP contribution in [0, 0.1) is 11.6 Å². The van der Waals surface area contributed by atoms with Crippen molar-refractivity contribution in [2.75, 3.05) is 0 Å². The first-order chi connectivity index (χ1) is 13.4. The maximum absolute atomic E-state index is 14.2. The molecule has 1 aliphatic rings. The van der Waals surface area contributed by atoms with Crippen LogP contribution in [0.5, 0.6) is 0 Å². The molecule has 6 nitrogen and oxygen atoms in total. The first kappa shape index (κ1) is 17.8. The highest BCUT2D eigenvalue weighted by Gasteiger charge is 2.50. The minimum atomic E-state index is -1.67. The molecule has 0 radical (unpaired) electrons. The standard InChI is InChI=1S/C20H16F2N4O2/c1-20(16-11-14(21)5-8-17(16)22)18(27)25(19(28)24-20)12-13-3-6-15(7-4-13)26-10-2-9-23-26/h2-11H,12H2,1H3,(H,24,28). The van der Waals surface area contributed by atoms with Crippen molar-refractivity contribution in [2.45, 2.75) is 19.0 Å². The van der Waals surface area contributed by atoms with Gasteiger partial charge in [-0.2, -0.15) is 5.10 Å². The van der Waals surface area contributed by atoms with E-state index in [1.165, 1.54) is 6.92 Å². The number of nitrogens with one attached hydrogen (secondary N) is 1. The van der Waals surface area contributed by atoms with Crippen molar-refractivity contribution in [1.82, 2.24) is 20.0 Å². The van der Waals surface area contributed by atoms with Crippen molar-refractivity contribution in [3.05, 3.63) is 83.7 Å². The second-order valence-electron chi connectivity index (χ2n) is 6.69. The van der Waals surface area contributed by atoms with E-state index in [1.54, 1.807) is 35.3 Å². The van der Waals surface area contributed by atoms with Crippen LogP contribution in [-0.4, -0.2) is 26.6 Å². The molecule has 0 bridgehead atoms. The van der Waals surface area contributed by atoms with Gasteiger partial charge >= 0.3 is 6.03 Å². The summed E-state index contributed by atoms with van der Waals surface area (Å²) in [5, 5.41) is 6.62. The Kier molecular flexibility index (Phi) is 4.18. The Morgan fingerprint density at radius 1 is 1.11 bits per heavy atom. The molecule has 2 aromatic carbocycles. The van der Waals surface area contributed by atoms with Crippen LogP contribution >= 0.6 is 0 Å². The van der Waals surface area contributed by atoms with E-state index >= 15 is 0 Å². The molecule has 1 atom stereocenters. The lowest BCUT2D eigenvalue weighted by Gasteiger charge is -2.23. The van der Waals surface area contributed by atoms with Gasteiger partial charge < -0.3 is 5.32 Å². The monoisotopic (exact) mass is 382 g/mol. The van der Waals surface area contributed by atoms with E-state index < -0.39 is 29.1 Å². The van der Waals surface area contributed by atoms with Gasteiger partial charge in [0.05, 0.1) is 12.2 Å². The third-order valence-corrected chi connectivity index (χ3v) is 4.79. The molecular formula is C20H16F2N4O2. The molecule has 1 unspecified atom stereocenters. The summed E-state index contributed by atoms with van der Waals surface area (Å²) in [6.07, 6.45) is 3.46. The van der Waals surface area contributed by atoms with Crippen LogP contribution in [0.15, 0.2) is 60.9 Å². The number of imide groups is 1. The molecule has 1 saturated heterocycles. The van der Waals surface area contributed by atoms with Gasteiger partial charge in [-0.25, -0.2) is 18.3 Å². The fraction of sp³-hybridized carbons (Fsp3) is 0.150. The van der Waals surface area contributed by atoms with Gasteiger partial charge in [0.1, 0.15) is 17.2 Å². The minimum absolute atomic E-state index is 0.0105. The summed E-state index contributed by atoms with van der Waals surface area (Å²) in [4.78, 5) is 26.3. The first-order valence-corrected chi connectivity index (χ1v) is 8.57. The Hall–Kier alpha value is -3.55. The molecule has 0 aliphatic carbocycles. The SMILES string of the molecule is CC1(c2cc(F)ccc2F)NC(=O)N(Cc2ccc(-n3cccn3)cc2)C1=O. The van der Waals surface area contributed by atoms with Gasteiger partial charge in [-0.3, -0.25) is 9.69 Å². The van der Waals surface area contributed by atoms with Crippen molar-refractivity contribution in [1.29, 1.82) is 0 Å². The Labute approximate surface area is 159 Å². The molecule has 3 aromatic rings. The van der Waals surface area contributed by atoms with Gasteiger partial charge in [0.25, 0.3) is 5.91 Å². The van der Waals surface area contributed by atoms with Crippen LogP contribution < -0.4 is 5.32 Å². The van der Waals surface area contributed by atoms with Crippen LogP contribution in [0.2, 0.25) is 0 Å². The van der Waals surface area contributed by atoms with E-state index in [-0.39, 0.29) is 12.1 Å². The summed E-state index contributed by atoms with van der Waals surface area (Å²) in [5.74, 6) is -2.09. The number of hydrogen-bond donors (Lipinski definition) is 1. The molecule has 1 fully saturated rings. The molecule has 0 saturated carbocycles. The number of rotatable bonds is 4. The quantitative estimate of drug-likeness (QED) is 0.705. The summed E-state index contributed by atoms with van der Waals surface area (Å²) < 4.78 is 29.5. The van der Waals surface area contributed by atoms with Crippen LogP contribution in [0.25, 0.3) is 5.69 Å². The topological polar surface area (TPSA) is 67.2 Å². The van der Waals surface area contributed by atoms with E-state index in [4.69, 9.17) is 0 Å². The molecule has 142 valence electrons. The van der Waals surface area contributed by atoms with E-state index in [9.17, 15) is 18.4 Å². The largest absolute Gasteiger partial charge is 0.325 e. The van der Waals surface area contributed by atoms with Crippen molar-refractivity contribution in [2.24, 2.45) is 0 Å². The Morgan fingerprint density at radius 3 is 2.54 bits per heavy atom. The molecule has 0 spiro atoms. The van der Waals surface area contributed by atoms with Crippen molar-refractivity contribution < 1.29 is 18.4 Å². The van der Waals surface area contributed by atoms with Gasteiger partial charge in [-0.1, -0.05) is 12.1 Å². The second-order valence-corrected chi connectivity index (χ2v) is 6.69. The smallest absolute Gasteiger partial charge is 0.319 e. The molecule has 1 aliphatic heterocycles. The van der Waals surface area contributed by atoms with Gasteiger partial charge in [-0.15, -0.1) is 0 Å². The van der Waals surface area contributed by atoms with Gasteiger partial charge in [0.2, 0.25) is 0 Å². The zero-order valence-electron chi connectivity index (χ0n) is 14.9. The first-order valence-electron chi connectivity index (χ1n) is 8.57. The van der Waals surface area contributed by atoms with Crippen molar-refractivity contribution in [3.8, 4) is 5.69 Å². The minimum Gasteiger partial charge on any atom is -0.319 e. The number of nitrogens with zero attached hydrogens (tertiary/aromatic N) is 3. The Morgan fingerprint density at radius 2 is 1.86 bits per heavy atom. The number of aromatic nitrogens is 2. The molecule has 28 heavy (non-hydrogen) atoms. The fourth-order valence-corrected chi connectivity index (χ4v) is 3.26. The Bertz CT molecular complexity index is 1050. The molecule has 1 aromatic heterocycles. The second kappa shape index (κ2) is 6.56. The predicted molar refractivity (Wildman–Crippen MR) is 96.4 cm³/mol. The highest BCUT2D eigenvalue weighted by molar-refractivity contribution is 6.07. The highest BCUT2D eigenvalue weighted by atomic mass is 19.1. The zero-order chi connectivity index (χ0) is 19.9. The maximum atomic E-state index is 14.2. The number of amides is 3. The summed E-state index contributed by atoms with van der Waals surface area (Å²) in [6, 6.07) is 11.1. The number of halogens is 2. The summed E-state index contributed by atoms with van der Waals surface area (Å²) in [7, 11) is 0. The number of hydrogen-bond acceptors (Lipinski definition) is 3. The summed E-state index contributed by atoms with van der Waals surface area (Å²) in [5.41, 5.74) is -0.332. The third-order valence-electron chi connectivity index (χ3n) is 4.79. The third kappa shape index (κ3) is 2.92. The Balaban J connectivity index is 1.58. The fourth-order valence-electron chi connectivity index (χ4n) is 3.26. The molecule has 3 amide bonds. The number of urea groups is 1. The van der Waals surface area contributed by atoms with Crippen molar-refractivity contribution in [3.63, 3.8) is 0 Å². The number of benzene rings is 2. The van der Waals surface area contributed by atoms with E-state index in [0.29, 0.717) is 5.56 Å². The molecule has 4 rings (SSSR count). The summed E-state index contributed by atoms with van der Waals surface area (Å²) >= 11 is 0. The van der Waals surface area contributed by atoms with E-state index in [2.05, 4.69) is 10.4 Å². The van der Waals surface area contributed by atoms with E-state index in [1.807, 2.05) is 12.1 Å². The average Bonchev–Trinajstić information content (AvgIpc) is 3.28. The van der Waals surface area contributed by atoms with Crippen LogP contribution in [0.4, 0.5) is 13.6 Å². The lowest BCUT2D eigenvalue weighted by molar-refractivity contribution is -0.131. The predicted octanol–water partition coefficient (Wildman–Crippen LogP) is 3.12. The van der Waals surface area contributed by atoms with E-state index in [0.717, 1.165) is 28.8 Å². The van der Waals surface area contributed by atoms with Crippen LogP contribution in [0.1, 0.15) is 18.1 Å². The number of carbonyl (C=O) groups is 2. The van der Waals surface area contributed by atoms with Crippen LogP contribution in [-0.2, 0) is 16.9 Å². The van der Waals surface area contributed by atoms with Gasteiger partial charge in [0.15, 0.2) is 0 Å². The van der Waals surface area contributed by atoms with Gasteiger partial charge in [0, 0.05) is 18.0 Å². The van der Waals surface area contributed by atoms with Gasteiger partial charge in [-0.05, 0) is 48.9 Å². The van der Waals surface area contributed by atoms with Crippen LogP contribution in [0.3, 0.4) is 0 Å². The maximum Gasteiger partial charge on any atom is 0.325 e. The molecule has 1 N–H and O–H groups in total. The molecule has 8 heteroatoms. The summed E-state index contributed by atoms with van der Waals surface area (Å²) in [6.45, 7) is 1.38. The van der Waals surface area contributed by atoms with Crippen molar-refractivity contribution >= 4 is 11.9 Å². The average molecular weight is 382 g/mol. The normalized spacial score (nSPS) is 19.2. The highest BCUT2D eigenvalue weighted by Crippen LogP contribution is 2.32. The lowest BCUT2D eigenvalue weighted by atomic mass is 9.91. The lowest BCUT2D eigenvalue weighted by Crippen LogP contribution is -2.41. The molecular weight excluding hydrogens is 366 g/mol.